The van der Waals surface area contributed by atoms with Crippen LogP contribution in [-0.4, -0.2) is 58.0 Å². The van der Waals surface area contributed by atoms with Crippen LogP contribution in [0, 0.1) is 0 Å². The van der Waals surface area contributed by atoms with Crippen molar-refractivity contribution < 1.29 is 4.79 Å². The maximum atomic E-state index is 12.5. The number of nitrogens with one attached hydrogen (secondary N) is 1. The summed E-state index contributed by atoms with van der Waals surface area (Å²) < 4.78 is 2.15. The molecule has 0 spiro atoms. The number of aromatic nitrogens is 2. The van der Waals surface area contributed by atoms with Gasteiger partial charge in [-0.1, -0.05) is 18.5 Å². The van der Waals surface area contributed by atoms with Crippen molar-refractivity contribution in [3.05, 3.63) is 58.9 Å². The lowest BCUT2D eigenvalue weighted by Gasteiger charge is -2.33. The minimum atomic E-state index is -0.161. The number of likely N-dealkylation sites (N-methyl/N-ethyl adjacent to an activating group) is 1. The molecule has 0 bridgehead atoms. The van der Waals surface area contributed by atoms with Crippen LogP contribution < -0.4 is 5.32 Å². The molecular weight excluding hydrogens is 386 g/mol. The topological polar surface area (TPSA) is 53.4 Å². The summed E-state index contributed by atoms with van der Waals surface area (Å²) in [4.78, 5) is 22.2. The fourth-order valence-electron chi connectivity index (χ4n) is 3.74. The Kier molecular flexibility index (Phi) is 5.85. The van der Waals surface area contributed by atoms with Gasteiger partial charge in [0.1, 0.15) is 5.82 Å². The highest BCUT2D eigenvalue weighted by Crippen LogP contribution is 2.21. The summed E-state index contributed by atoms with van der Waals surface area (Å²) in [7, 11) is 2.05. The van der Waals surface area contributed by atoms with Gasteiger partial charge in [0.05, 0.1) is 17.6 Å². The second-order valence-corrected chi connectivity index (χ2v) is 7.90. The number of halogens is 1. The number of nitrogens with zero attached hydrogens (tertiary/aromatic N) is 4. The molecule has 0 unspecified atom stereocenters. The number of rotatable bonds is 5. The maximum absolute atomic E-state index is 12.5. The molecule has 4 rings (SSSR count). The van der Waals surface area contributed by atoms with Crippen LogP contribution >= 0.6 is 11.6 Å². The molecule has 0 saturated carbocycles. The number of benzene rings is 2. The predicted octanol–water partition coefficient (Wildman–Crippen LogP) is 3.62. The third-order valence-corrected chi connectivity index (χ3v) is 5.87. The van der Waals surface area contributed by atoms with E-state index < -0.39 is 0 Å². The van der Waals surface area contributed by atoms with Gasteiger partial charge in [0.15, 0.2) is 0 Å². The molecule has 1 aliphatic rings. The Morgan fingerprint density at radius 1 is 1.07 bits per heavy atom. The Balaban J connectivity index is 1.48. The first-order valence-electron chi connectivity index (χ1n) is 10.0. The Morgan fingerprint density at radius 2 is 1.76 bits per heavy atom. The molecule has 0 aliphatic carbocycles. The fraction of sp³-hybridized carbons (Fsp3) is 0.364. The number of hydrogen-bond acceptors (Lipinski definition) is 4. The molecule has 1 aromatic heterocycles. The average molecular weight is 412 g/mol. The number of aryl methyl sites for hydroxylation is 1. The van der Waals surface area contributed by atoms with Crippen molar-refractivity contribution >= 4 is 34.2 Å². The molecule has 2 aromatic carbocycles. The summed E-state index contributed by atoms with van der Waals surface area (Å²) in [5.74, 6) is 0.886. The van der Waals surface area contributed by atoms with E-state index in [2.05, 4.69) is 33.7 Å². The summed E-state index contributed by atoms with van der Waals surface area (Å²) in [6, 6.07) is 12.7. The number of amides is 1. The van der Waals surface area contributed by atoms with Crippen LogP contribution in [0.3, 0.4) is 0 Å². The molecule has 0 atom stereocenters. The van der Waals surface area contributed by atoms with Crippen molar-refractivity contribution in [1.29, 1.82) is 0 Å². The molecule has 6 nitrogen and oxygen atoms in total. The molecule has 1 N–H and O–H groups in total. The van der Waals surface area contributed by atoms with Gasteiger partial charge < -0.3 is 14.8 Å². The summed E-state index contributed by atoms with van der Waals surface area (Å²) in [6.07, 6.45) is 0. The highest BCUT2D eigenvalue weighted by molar-refractivity contribution is 6.30. The third-order valence-electron chi connectivity index (χ3n) is 5.61. The van der Waals surface area contributed by atoms with Gasteiger partial charge in [0.2, 0.25) is 0 Å². The van der Waals surface area contributed by atoms with Crippen molar-refractivity contribution in [3.8, 4) is 0 Å². The van der Waals surface area contributed by atoms with Crippen molar-refractivity contribution in [2.45, 2.75) is 13.5 Å². The lowest BCUT2D eigenvalue weighted by Crippen LogP contribution is -2.45. The molecule has 1 amide bonds. The largest absolute Gasteiger partial charge is 0.330 e. The summed E-state index contributed by atoms with van der Waals surface area (Å²) >= 11 is 5.90. The number of anilines is 1. The average Bonchev–Trinajstić information content (AvgIpc) is 3.03. The first-order valence-corrected chi connectivity index (χ1v) is 10.4. The van der Waals surface area contributed by atoms with Gasteiger partial charge in [-0.05, 0) is 49.0 Å². The standard InChI is InChI=1S/C22H26ClN5O/c1-3-27-10-12-28(13-11-27)15-21-25-19-14-18(8-9-20(19)26(21)2)24-22(29)16-4-6-17(23)7-5-16/h4-9,14H,3,10-13,15H2,1-2H3,(H,24,29). The van der Waals surface area contributed by atoms with E-state index in [9.17, 15) is 4.79 Å². The summed E-state index contributed by atoms with van der Waals surface area (Å²) in [5, 5.41) is 3.56. The number of hydrogen-bond donors (Lipinski definition) is 1. The number of piperazine rings is 1. The number of carbonyl (C=O) groups is 1. The molecule has 1 fully saturated rings. The Bertz CT molecular complexity index is 1010. The smallest absolute Gasteiger partial charge is 0.255 e. The minimum absolute atomic E-state index is 0.161. The summed E-state index contributed by atoms with van der Waals surface area (Å²) in [6.45, 7) is 8.53. The summed E-state index contributed by atoms with van der Waals surface area (Å²) in [5.41, 5.74) is 3.27. The van der Waals surface area contributed by atoms with Crippen LogP contribution in [0.2, 0.25) is 5.02 Å². The highest BCUT2D eigenvalue weighted by Gasteiger charge is 2.18. The van der Waals surface area contributed by atoms with Gasteiger partial charge in [-0.15, -0.1) is 0 Å². The first kappa shape index (κ1) is 19.9. The molecule has 1 aliphatic heterocycles. The lowest BCUT2D eigenvalue weighted by atomic mass is 10.2. The van der Waals surface area contributed by atoms with E-state index in [1.807, 2.05) is 18.2 Å². The normalized spacial score (nSPS) is 15.7. The van der Waals surface area contributed by atoms with Gasteiger partial charge in [-0.3, -0.25) is 9.69 Å². The van der Waals surface area contributed by atoms with E-state index in [0.29, 0.717) is 10.6 Å². The molecule has 2 heterocycles. The number of imidazole rings is 1. The maximum Gasteiger partial charge on any atom is 0.255 e. The zero-order chi connectivity index (χ0) is 20.4. The lowest BCUT2D eigenvalue weighted by molar-refractivity contribution is 0.102. The van der Waals surface area contributed by atoms with E-state index in [0.717, 1.165) is 61.8 Å². The zero-order valence-corrected chi connectivity index (χ0v) is 17.6. The van der Waals surface area contributed by atoms with Crippen molar-refractivity contribution in [1.82, 2.24) is 19.4 Å². The quantitative estimate of drug-likeness (QED) is 0.696. The van der Waals surface area contributed by atoms with E-state index >= 15 is 0 Å². The van der Waals surface area contributed by atoms with Crippen molar-refractivity contribution in [3.63, 3.8) is 0 Å². The molecule has 0 radical (unpaired) electrons. The van der Waals surface area contributed by atoms with E-state index in [4.69, 9.17) is 16.6 Å². The Hall–Kier alpha value is -2.41. The van der Waals surface area contributed by atoms with Crippen LogP contribution in [0.25, 0.3) is 11.0 Å². The van der Waals surface area contributed by atoms with Gasteiger partial charge in [0.25, 0.3) is 5.91 Å². The van der Waals surface area contributed by atoms with Crippen LogP contribution in [0.15, 0.2) is 42.5 Å². The van der Waals surface area contributed by atoms with Crippen LogP contribution in [-0.2, 0) is 13.6 Å². The van der Waals surface area contributed by atoms with Gasteiger partial charge in [-0.25, -0.2) is 4.98 Å². The molecular formula is C22H26ClN5O. The van der Waals surface area contributed by atoms with Gasteiger partial charge >= 0.3 is 0 Å². The molecule has 29 heavy (non-hydrogen) atoms. The first-order chi connectivity index (χ1) is 14.0. The van der Waals surface area contributed by atoms with E-state index in [-0.39, 0.29) is 5.91 Å². The molecule has 3 aromatic rings. The third kappa shape index (κ3) is 4.45. The van der Waals surface area contributed by atoms with Crippen LogP contribution in [0.1, 0.15) is 23.1 Å². The van der Waals surface area contributed by atoms with Gasteiger partial charge in [0, 0.05) is 49.5 Å². The van der Waals surface area contributed by atoms with E-state index in [1.165, 1.54) is 0 Å². The number of carbonyl (C=O) groups excluding carboxylic acids is 1. The monoisotopic (exact) mass is 411 g/mol. The van der Waals surface area contributed by atoms with Crippen molar-refractivity contribution in [2.24, 2.45) is 7.05 Å². The second-order valence-electron chi connectivity index (χ2n) is 7.46. The zero-order valence-electron chi connectivity index (χ0n) is 16.9. The highest BCUT2D eigenvalue weighted by atomic mass is 35.5. The minimum Gasteiger partial charge on any atom is -0.330 e. The van der Waals surface area contributed by atoms with E-state index in [1.54, 1.807) is 24.3 Å². The van der Waals surface area contributed by atoms with Crippen molar-refractivity contribution in [2.75, 3.05) is 38.0 Å². The molecule has 7 heteroatoms. The fourth-order valence-corrected chi connectivity index (χ4v) is 3.86. The second kappa shape index (κ2) is 8.53. The molecule has 152 valence electrons. The Labute approximate surface area is 176 Å². The number of fused-ring (bicyclic) bond motifs is 1. The van der Waals surface area contributed by atoms with Gasteiger partial charge in [-0.2, -0.15) is 0 Å². The van der Waals surface area contributed by atoms with Crippen LogP contribution in [0.5, 0.6) is 0 Å². The van der Waals surface area contributed by atoms with Crippen LogP contribution in [0.4, 0.5) is 5.69 Å². The predicted molar refractivity (Wildman–Crippen MR) is 118 cm³/mol. The SMILES string of the molecule is CCN1CCN(Cc2nc3cc(NC(=O)c4ccc(Cl)cc4)ccc3n2C)CC1. The Morgan fingerprint density at radius 3 is 2.45 bits per heavy atom. The molecule has 1 saturated heterocycles.